The topological polar surface area (TPSA) is 69.7 Å². The van der Waals surface area contributed by atoms with Crippen LogP contribution in [0.1, 0.15) is 71.2 Å². The quantitative estimate of drug-likeness (QED) is 0.299. The minimum Gasteiger partial charge on any atom is -0.461 e. The van der Waals surface area contributed by atoms with E-state index >= 15 is 0 Å². The fraction of sp³-hybridized carbons (Fsp3) is 0.444. The number of carbonyl (C=O) groups excluding carboxylic acids is 3. The molecule has 2 fully saturated rings. The van der Waals surface area contributed by atoms with Crippen LogP contribution >= 0.6 is 15.9 Å². The van der Waals surface area contributed by atoms with E-state index in [1.54, 1.807) is 36.4 Å². The van der Waals surface area contributed by atoms with E-state index < -0.39 is 5.97 Å². The Morgan fingerprint density at radius 1 is 1.09 bits per heavy atom. The van der Waals surface area contributed by atoms with Crippen molar-refractivity contribution in [1.29, 1.82) is 0 Å². The highest BCUT2D eigenvalue weighted by atomic mass is 79.9. The fourth-order valence-electron chi connectivity index (χ4n) is 6.52. The molecular formula is C27H27BrO5. The van der Waals surface area contributed by atoms with Gasteiger partial charge in [-0.1, -0.05) is 47.1 Å². The van der Waals surface area contributed by atoms with E-state index in [1.165, 1.54) is 0 Å². The molecular weight excluding hydrogens is 484 g/mol. The molecule has 33 heavy (non-hydrogen) atoms. The number of hydrogen-bond donors (Lipinski definition) is 0. The number of carbonyl (C=O) groups is 3. The minimum absolute atomic E-state index is 0.0789. The fourth-order valence-corrected chi connectivity index (χ4v) is 6.65. The van der Waals surface area contributed by atoms with E-state index in [1.807, 2.05) is 12.1 Å². The summed E-state index contributed by atoms with van der Waals surface area (Å²) in [4.78, 5) is 37.6. The van der Waals surface area contributed by atoms with Gasteiger partial charge in [0.25, 0.3) is 0 Å². The molecule has 5 nitrogen and oxygen atoms in total. The van der Waals surface area contributed by atoms with Crippen LogP contribution < -0.4 is 4.74 Å². The number of fused-ring (bicyclic) bond motifs is 5. The Bertz CT molecular complexity index is 1100. The Hall–Kier alpha value is -2.47. The van der Waals surface area contributed by atoms with Crippen molar-refractivity contribution in [3.63, 3.8) is 0 Å². The van der Waals surface area contributed by atoms with Crippen LogP contribution in [0.15, 0.2) is 48.5 Å². The van der Waals surface area contributed by atoms with Crippen molar-refractivity contribution in [2.24, 2.45) is 17.3 Å². The van der Waals surface area contributed by atoms with Crippen molar-refractivity contribution in [2.75, 3.05) is 5.33 Å². The molecule has 0 radical (unpaired) electrons. The summed E-state index contributed by atoms with van der Waals surface area (Å²) < 4.78 is 11.3. The van der Waals surface area contributed by atoms with E-state index in [2.05, 4.69) is 22.9 Å². The van der Waals surface area contributed by atoms with Crippen molar-refractivity contribution >= 4 is 33.7 Å². The first-order valence-corrected chi connectivity index (χ1v) is 12.7. The molecule has 2 aromatic carbocycles. The van der Waals surface area contributed by atoms with Crippen molar-refractivity contribution in [3.05, 3.63) is 65.2 Å². The first-order chi connectivity index (χ1) is 15.9. The molecule has 0 saturated heterocycles. The summed E-state index contributed by atoms with van der Waals surface area (Å²) in [5.41, 5.74) is 2.14. The van der Waals surface area contributed by atoms with E-state index in [0.717, 1.165) is 31.2 Å². The van der Waals surface area contributed by atoms with Gasteiger partial charge in [-0.25, -0.2) is 4.79 Å². The number of ketones is 1. The SMILES string of the molecule is C[C@]12CC[C@@H]3c4ccc(OC(=O)c5ccccc5)cc4C(=O)C[C@H]3[C@@H]1CC[C@@H]2OC(=O)CBr. The number of esters is 2. The Morgan fingerprint density at radius 3 is 2.64 bits per heavy atom. The zero-order chi connectivity index (χ0) is 23.2. The van der Waals surface area contributed by atoms with Gasteiger partial charge in [0.1, 0.15) is 17.2 Å². The lowest BCUT2D eigenvalue weighted by Crippen LogP contribution is -2.46. The van der Waals surface area contributed by atoms with Gasteiger partial charge in [-0.15, -0.1) is 0 Å². The Kier molecular flexibility index (Phi) is 5.89. The molecule has 6 heteroatoms. The summed E-state index contributed by atoms with van der Waals surface area (Å²) in [5, 5.41) is 0.208. The molecule has 2 saturated carbocycles. The second-order valence-corrected chi connectivity index (χ2v) is 10.3. The highest BCUT2D eigenvalue weighted by Crippen LogP contribution is 2.61. The third-order valence-electron chi connectivity index (χ3n) is 8.10. The number of ether oxygens (including phenoxy) is 2. The largest absolute Gasteiger partial charge is 0.461 e. The van der Waals surface area contributed by atoms with Gasteiger partial charge >= 0.3 is 11.9 Å². The first kappa shape index (κ1) is 22.3. The van der Waals surface area contributed by atoms with Crippen molar-refractivity contribution in [3.8, 4) is 5.75 Å². The zero-order valence-corrected chi connectivity index (χ0v) is 20.2. The second-order valence-electron chi connectivity index (χ2n) is 9.74. The molecule has 0 spiro atoms. The molecule has 3 aliphatic carbocycles. The van der Waals surface area contributed by atoms with Gasteiger partial charge in [0.15, 0.2) is 5.78 Å². The van der Waals surface area contributed by atoms with Crippen LogP contribution in [0.2, 0.25) is 0 Å². The third-order valence-corrected chi connectivity index (χ3v) is 8.56. The Morgan fingerprint density at radius 2 is 1.88 bits per heavy atom. The number of benzene rings is 2. The van der Waals surface area contributed by atoms with Crippen molar-refractivity contribution in [1.82, 2.24) is 0 Å². The second kappa shape index (κ2) is 8.71. The number of Topliss-reactive ketones (excluding diaryl/α,β-unsaturated/α-hetero) is 1. The Balaban J connectivity index is 1.37. The predicted molar refractivity (Wildman–Crippen MR) is 127 cm³/mol. The van der Waals surface area contributed by atoms with Crippen LogP contribution in [0, 0.1) is 17.3 Å². The number of rotatable bonds is 4. The van der Waals surface area contributed by atoms with Gasteiger partial charge in [0.05, 0.1) is 5.56 Å². The van der Waals surface area contributed by atoms with Gasteiger partial charge < -0.3 is 9.47 Å². The molecule has 3 aliphatic rings. The average molecular weight is 511 g/mol. The van der Waals surface area contributed by atoms with Gasteiger partial charge in [0.2, 0.25) is 0 Å². The normalized spacial score (nSPS) is 30.1. The van der Waals surface area contributed by atoms with Gasteiger partial charge in [0, 0.05) is 17.4 Å². The molecule has 0 amide bonds. The summed E-state index contributed by atoms with van der Waals surface area (Å²) in [5.74, 6) is 0.782. The molecule has 5 rings (SSSR count). The van der Waals surface area contributed by atoms with Crippen LogP contribution in [-0.2, 0) is 9.53 Å². The summed E-state index contributed by atoms with van der Waals surface area (Å²) in [6.45, 7) is 2.24. The summed E-state index contributed by atoms with van der Waals surface area (Å²) in [7, 11) is 0. The predicted octanol–water partition coefficient (Wildman–Crippen LogP) is 5.71. The van der Waals surface area contributed by atoms with Crippen LogP contribution in [0.3, 0.4) is 0 Å². The van der Waals surface area contributed by atoms with Gasteiger partial charge in [-0.2, -0.15) is 0 Å². The highest BCUT2D eigenvalue weighted by molar-refractivity contribution is 9.09. The van der Waals surface area contributed by atoms with Gasteiger partial charge in [-0.05, 0) is 73.3 Å². The maximum Gasteiger partial charge on any atom is 0.343 e. The molecule has 0 N–H and O–H groups in total. The van der Waals surface area contributed by atoms with Crippen LogP contribution in [0.4, 0.5) is 0 Å². The summed E-state index contributed by atoms with van der Waals surface area (Å²) >= 11 is 3.19. The number of halogens is 1. The van der Waals surface area contributed by atoms with Crippen LogP contribution in [-0.4, -0.2) is 29.2 Å². The molecule has 0 bridgehead atoms. The van der Waals surface area contributed by atoms with Crippen molar-refractivity contribution < 1.29 is 23.9 Å². The molecule has 0 aliphatic heterocycles. The van der Waals surface area contributed by atoms with E-state index in [4.69, 9.17) is 9.47 Å². The molecule has 0 unspecified atom stereocenters. The lowest BCUT2D eigenvalue weighted by Gasteiger charge is -2.50. The third kappa shape index (κ3) is 3.92. The minimum atomic E-state index is -0.430. The average Bonchev–Trinajstić information content (AvgIpc) is 3.16. The lowest BCUT2D eigenvalue weighted by atomic mass is 9.55. The van der Waals surface area contributed by atoms with E-state index in [0.29, 0.717) is 35.1 Å². The number of alkyl halides is 1. The van der Waals surface area contributed by atoms with Crippen LogP contribution in [0.5, 0.6) is 5.75 Å². The summed E-state index contributed by atoms with van der Waals surface area (Å²) in [6, 6.07) is 14.3. The highest BCUT2D eigenvalue weighted by Gasteiger charge is 2.57. The van der Waals surface area contributed by atoms with Gasteiger partial charge in [-0.3, -0.25) is 9.59 Å². The van der Waals surface area contributed by atoms with E-state index in [9.17, 15) is 14.4 Å². The lowest BCUT2D eigenvalue weighted by molar-refractivity contribution is -0.154. The first-order valence-electron chi connectivity index (χ1n) is 11.6. The maximum atomic E-state index is 13.2. The monoisotopic (exact) mass is 510 g/mol. The van der Waals surface area contributed by atoms with E-state index in [-0.39, 0.29) is 34.5 Å². The summed E-state index contributed by atoms with van der Waals surface area (Å²) in [6.07, 6.45) is 4.18. The Labute approximate surface area is 202 Å². The molecule has 0 aromatic heterocycles. The number of hydrogen-bond acceptors (Lipinski definition) is 5. The maximum absolute atomic E-state index is 13.2. The molecule has 172 valence electrons. The molecule has 5 atom stereocenters. The zero-order valence-electron chi connectivity index (χ0n) is 18.6. The smallest absolute Gasteiger partial charge is 0.343 e. The van der Waals surface area contributed by atoms with Crippen LogP contribution in [0.25, 0.3) is 0 Å². The molecule has 2 aromatic rings. The standard InChI is InChI=1S/C27H27BrO5/c1-27-12-11-19-18-8-7-17(32-26(31)16-5-3-2-4-6-16)13-21(18)23(29)14-20(19)22(27)9-10-24(27)33-25(30)15-28/h2-8,13,19-20,22,24H,9-12,14-15H2,1H3/t19-,20-,22+,24+,27+/m1/s1. The molecule has 0 heterocycles. The van der Waals surface area contributed by atoms with Crippen molar-refractivity contribution in [2.45, 2.75) is 51.0 Å².